The first-order valence-corrected chi connectivity index (χ1v) is 9.66. The summed E-state index contributed by atoms with van der Waals surface area (Å²) in [5.41, 5.74) is 1.37. The maximum absolute atomic E-state index is 12.4. The number of rotatable bonds is 9. The minimum Gasteiger partial charge on any atom is -0.494 e. The molecule has 0 saturated heterocycles. The van der Waals surface area contributed by atoms with Crippen LogP contribution in [0, 0.1) is 0 Å². The van der Waals surface area contributed by atoms with Crippen LogP contribution < -0.4 is 4.74 Å². The predicted octanol–water partition coefficient (Wildman–Crippen LogP) is 4.93. The Hall–Kier alpha value is -1.65. The van der Waals surface area contributed by atoms with Crippen LogP contribution in [0.5, 0.6) is 5.75 Å². The maximum atomic E-state index is 12.4. The van der Waals surface area contributed by atoms with Crippen molar-refractivity contribution in [2.75, 3.05) is 20.2 Å². The lowest BCUT2D eigenvalue weighted by molar-refractivity contribution is 0.103. The number of hydrogen-bond donors (Lipinski definition) is 0. The quantitative estimate of drug-likeness (QED) is 0.440. The number of carbonyl (C=O) groups excluding carboxylic acids is 1. The van der Waals surface area contributed by atoms with Gasteiger partial charge in [-0.1, -0.05) is 15.9 Å². The third-order valence-electron chi connectivity index (χ3n) is 4.57. The van der Waals surface area contributed by atoms with Crippen molar-refractivity contribution in [3.63, 3.8) is 0 Å². The minimum absolute atomic E-state index is 0.0298. The highest BCUT2D eigenvalue weighted by Crippen LogP contribution is 2.25. The zero-order valence-electron chi connectivity index (χ0n) is 14.6. The van der Waals surface area contributed by atoms with Gasteiger partial charge >= 0.3 is 0 Å². The van der Waals surface area contributed by atoms with Gasteiger partial charge in [-0.2, -0.15) is 0 Å². The van der Waals surface area contributed by atoms with E-state index >= 15 is 0 Å². The molecule has 0 amide bonds. The summed E-state index contributed by atoms with van der Waals surface area (Å²) in [6.45, 7) is 1.87. The minimum atomic E-state index is 0.0298. The van der Waals surface area contributed by atoms with Crippen LogP contribution in [-0.2, 0) is 0 Å². The SMILES string of the molecule is CN(CCCCOc1ccc(C(=O)c2ccc(Br)cc2)cc1)C1CC1. The first-order valence-electron chi connectivity index (χ1n) is 8.87. The molecule has 0 spiro atoms. The molecule has 1 aliphatic rings. The van der Waals surface area contributed by atoms with Gasteiger partial charge in [0.25, 0.3) is 0 Å². The van der Waals surface area contributed by atoms with Crippen LogP contribution in [0.3, 0.4) is 0 Å². The fourth-order valence-corrected chi connectivity index (χ4v) is 3.09. The summed E-state index contributed by atoms with van der Waals surface area (Å²) in [6, 6.07) is 15.7. The molecule has 0 N–H and O–H groups in total. The normalized spacial score (nSPS) is 13.9. The van der Waals surface area contributed by atoms with Crippen molar-refractivity contribution in [2.24, 2.45) is 0 Å². The molecule has 1 aliphatic carbocycles. The fraction of sp³-hybridized carbons (Fsp3) is 0.381. The molecule has 3 rings (SSSR count). The second kappa shape index (κ2) is 8.63. The molecule has 0 radical (unpaired) electrons. The Morgan fingerprint density at radius 3 is 2.24 bits per heavy atom. The van der Waals surface area contributed by atoms with Gasteiger partial charge in [-0.3, -0.25) is 4.79 Å². The topological polar surface area (TPSA) is 29.5 Å². The lowest BCUT2D eigenvalue weighted by Crippen LogP contribution is -2.22. The third-order valence-corrected chi connectivity index (χ3v) is 5.10. The van der Waals surface area contributed by atoms with E-state index in [9.17, 15) is 4.79 Å². The number of ether oxygens (including phenoxy) is 1. The Balaban J connectivity index is 1.43. The van der Waals surface area contributed by atoms with Gasteiger partial charge in [0.2, 0.25) is 0 Å². The molecular weight excluding hydrogens is 378 g/mol. The predicted molar refractivity (Wildman–Crippen MR) is 104 cm³/mol. The first-order chi connectivity index (χ1) is 12.1. The molecule has 3 nitrogen and oxygen atoms in total. The Bertz CT molecular complexity index is 693. The Labute approximate surface area is 158 Å². The lowest BCUT2D eigenvalue weighted by atomic mass is 10.0. The van der Waals surface area contributed by atoms with E-state index in [2.05, 4.69) is 27.9 Å². The molecule has 1 fully saturated rings. The average molecular weight is 402 g/mol. The van der Waals surface area contributed by atoms with Crippen LogP contribution >= 0.6 is 15.9 Å². The summed E-state index contributed by atoms with van der Waals surface area (Å²) in [5.74, 6) is 0.852. The summed E-state index contributed by atoms with van der Waals surface area (Å²) >= 11 is 3.38. The second-order valence-corrected chi connectivity index (χ2v) is 7.54. The van der Waals surface area contributed by atoms with Crippen LogP contribution in [0.25, 0.3) is 0 Å². The van der Waals surface area contributed by atoms with E-state index in [4.69, 9.17) is 4.74 Å². The number of halogens is 1. The van der Waals surface area contributed by atoms with Crippen molar-refractivity contribution in [1.82, 2.24) is 4.90 Å². The maximum Gasteiger partial charge on any atom is 0.193 e. The summed E-state index contributed by atoms with van der Waals surface area (Å²) in [4.78, 5) is 14.9. The fourth-order valence-electron chi connectivity index (χ4n) is 2.82. The summed E-state index contributed by atoms with van der Waals surface area (Å²) in [6.07, 6.45) is 4.93. The highest BCUT2D eigenvalue weighted by molar-refractivity contribution is 9.10. The van der Waals surface area contributed by atoms with E-state index in [0.29, 0.717) is 11.1 Å². The molecule has 0 atom stereocenters. The molecule has 0 bridgehead atoms. The van der Waals surface area contributed by atoms with Gasteiger partial charge < -0.3 is 9.64 Å². The molecular formula is C21H24BrNO2. The smallest absolute Gasteiger partial charge is 0.193 e. The molecule has 25 heavy (non-hydrogen) atoms. The van der Waals surface area contributed by atoms with Gasteiger partial charge in [-0.25, -0.2) is 0 Å². The van der Waals surface area contributed by atoms with E-state index in [0.717, 1.165) is 42.3 Å². The van der Waals surface area contributed by atoms with Crippen molar-refractivity contribution in [1.29, 1.82) is 0 Å². The standard InChI is InChI=1S/C21H24BrNO2/c1-23(19-10-11-19)14-2-3-15-25-20-12-6-17(7-13-20)21(24)16-4-8-18(22)9-5-16/h4-9,12-13,19H,2-3,10-11,14-15H2,1H3. The van der Waals surface area contributed by atoms with E-state index in [1.54, 1.807) is 0 Å². The Morgan fingerprint density at radius 2 is 1.64 bits per heavy atom. The molecule has 2 aromatic carbocycles. The van der Waals surface area contributed by atoms with Gasteiger partial charge in [0.15, 0.2) is 5.78 Å². The third kappa shape index (κ3) is 5.41. The Kier molecular flexibility index (Phi) is 6.27. The monoisotopic (exact) mass is 401 g/mol. The van der Waals surface area contributed by atoms with Crippen LogP contribution in [0.1, 0.15) is 41.6 Å². The number of ketones is 1. The van der Waals surface area contributed by atoms with Crippen molar-refractivity contribution >= 4 is 21.7 Å². The summed E-state index contributed by atoms with van der Waals surface area (Å²) < 4.78 is 6.75. The van der Waals surface area contributed by atoms with Crippen LogP contribution in [-0.4, -0.2) is 36.9 Å². The highest BCUT2D eigenvalue weighted by atomic mass is 79.9. The van der Waals surface area contributed by atoms with E-state index < -0.39 is 0 Å². The van der Waals surface area contributed by atoms with Crippen LogP contribution in [0.4, 0.5) is 0 Å². The highest BCUT2D eigenvalue weighted by Gasteiger charge is 2.25. The van der Waals surface area contributed by atoms with Crippen molar-refractivity contribution in [2.45, 2.75) is 31.7 Å². The molecule has 4 heteroatoms. The lowest BCUT2D eigenvalue weighted by Gasteiger charge is -2.15. The van der Waals surface area contributed by atoms with Crippen LogP contribution in [0.15, 0.2) is 53.0 Å². The summed E-state index contributed by atoms with van der Waals surface area (Å²) in [7, 11) is 2.21. The van der Waals surface area contributed by atoms with Crippen molar-refractivity contribution in [3.05, 3.63) is 64.1 Å². The number of unbranched alkanes of at least 4 members (excludes halogenated alkanes) is 1. The van der Waals surface area contributed by atoms with E-state index in [1.165, 1.54) is 12.8 Å². The van der Waals surface area contributed by atoms with Gasteiger partial charge in [0, 0.05) is 21.6 Å². The number of hydrogen-bond acceptors (Lipinski definition) is 3. The molecule has 0 aromatic heterocycles. The average Bonchev–Trinajstić information content (AvgIpc) is 3.47. The van der Waals surface area contributed by atoms with Gasteiger partial charge in [-0.15, -0.1) is 0 Å². The van der Waals surface area contributed by atoms with Gasteiger partial charge in [0.1, 0.15) is 5.75 Å². The Morgan fingerprint density at radius 1 is 1.04 bits per heavy atom. The molecule has 2 aromatic rings. The number of benzene rings is 2. The first kappa shape index (κ1) is 18.2. The number of carbonyl (C=O) groups is 1. The van der Waals surface area contributed by atoms with Gasteiger partial charge in [0.05, 0.1) is 6.61 Å². The van der Waals surface area contributed by atoms with Crippen LogP contribution in [0.2, 0.25) is 0 Å². The molecule has 132 valence electrons. The number of nitrogens with zero attached hydrogens (tertiary/aromatic N) is 1. The molecule has 0 aliphatic heterocycles. The van der Waals surface area contributed by atoms with E-state index in [-0.39, 0.29) is 5.78 Å². The molecule has 0 unspecified atom stereocenters. The zero-order valence-corrected chi connectivity index (χ0v) is 16.2. The van der Waals surface area contributed by atoms with Gasteiger partial charge in [-0.05, 0) is 87.8 Å². The second-order valence-electron chi connectivity index (χ2n) is 6.63. The summed E-state index contributed by atoms with van der Waals surface area (Å²) in [5, 5.41) is 0. The van der Waals surface area contributed by atoms with Crippen molar-refractivity contribution < 1.29 is 9.53 Å². The molecule has 1 saturated carbocycles. The zero-order chi connectivity index (χ0) is 17.6. The largest absolute Gasteiger partial charge is 0.494 e. The molecule has 0 heterocycles. The van der Waals surface area contributed by atoms with E-state index in [1.807, 2.05) is 48.5 Å². The van der Waals surface area contributed by atoms with Crippen molar-refractivity contribution in [3.8, 4) is 5.75 Å².